The largest absolute Gasteiger partial charge is 0.433 e. The molecule has 0 fully saturated rings. The molecular formula is C22H33NO2. The minimum Gasteiger partial charge on any atom is -0.433 e. The van der Waals surface area contributed by atoms with Gasteiger partial charge in [-0.3, -0.25) is 0 Å². The van der Waals surface area contributed by atoms with Gasteiger partial charge in [-0.1, -0.05) is 42.2 Å². The summed E-state index contributed by atoms with van der Waals surface area (Å²) in [5.41, 5.74) is 1.11. The number of hydrogen-bond acceptors (Lipinski definition) is 2. The van der Waals surface area contributed by atoms with Gasteiger partial charge in [0.2, 0.25) is 0 Å². The van der Waals surface area contributed by atoms with Gasteiger partial charge in [-0.25, -0.2) is 4.79 Å². The minimum absolute atomic E-state index is 0.0952. The summed E-state index contributed by atoms with van der Waals surface area (Å²) in [5.74, 6) is 6.39. The van der Waals surface area contributed by atoms with E-state index in [1.807, 2.05) is 45.9 Å². The molecule has 1 aromatic carbocycles. The lowest BCUT2D eigenvalue weighted by Crippen LogP contribution is -2.43. The van der Waals surface area contributed by atoms with E-state index in [1.165, 1.54) is 5.56 Å². The van der Waals surface area contributed by atoms with Crippen LogP contribution in [0.25, 0.3) is 0 Å². The first-order valence-electron chi connectivity index (χ1n) is 9.15. The van der Waals surface area contributed by atoms with Gasteiger partial charge in [0.15, 0.2) is 6.10 Å². The van der Waals surface area contributed by atoms with Gasteiger partial charge in [0.1, 0.15) is 0 Å². The Morgan fingerprint density at radius 2 is 1.64 bits per heavy atom. The number of ether oxygens (including phenoxy) is 1. The molecule has 3 nitrogen and oxygen atoms in total. The fourth-order valence-electron chi connectivity index (χ4n) is 2.60. The quantitative estimate of drug-likeness (QED) is 0.657. The van der Waals surface area contributed by atoms with Crippen molar-refractivity contribution in [3.63, 3.8) is 0 Å². The van der Waals surface area contributed by atoms with E-state index < -0.39 is 6.10 Å². The molecule has 0 radical (unpaired) electrons. The Hall–Kier alpha value is -1.95. The second-order valence-corrected chi connectivity index (χ2v) is 8.01. The first-order chi connectivity index (χ1) is 11.6. The van der Waals surface area contributed by atoms with Gasteiger partial charge < -0.3 is 9.64 Å². The molecule has 0 aliphatic rings. The van der Waals surface area contributed by atoms with Gasteiger partial charge in [0.05, 0.1) is 0 Å². The number of benzene rings is 1. The Kier molecular flexibility index (Phi) is 8.03. The number of carbonyl (C=O) groups excluding carboxylic acids is 1. The summed E-state index contributed by atoms with van der Waals surface area (Å²) in [6, 6.07) is 10.4. The van der Waals surface area contributed by atoms with Gasteiger partial charge in [0, 0.05) is 23.9 Å². The van der Waals surface area contributed by atoms with Crippen molar-refractivity contribution in [2.45, 2.75) is 79.5 Å². The number of amides is 1. The first-order valence-corrected chi connectivity index (χ1v) is 9.15. The zero-order chi connectivity index (χ0) is 19.0. The Morgan fingerprint density at radius 3 is 2.12 bits per heavy atom. The van der Waals surface area contributed by atoms with Crippen molar-refractivity contribution in [1.82, 2.24) is 4.90 Å². The first kappa shape index (κ1) is 21.1. The topological polar surface area (TPSA) is 29.5 Å². The van der Waals surface area contributed by atoms with Crippen LogP contribution in [-0.4, -0.2) is 29.2 Å². The zero-order valence-electron chi connectivity index (χ0n) is 16.8. The van der Waals surface area contributed by atoms with E-state index in [0.717, 1.165) is 6.42 Å². The standard InChI is InChI=1S/C22H33NO2/c1-17(2)23(18(3)4)21(24)25-20(15-16-22(5,6)7)14-13-19-11-9-8-10-12-19/h8-12,17-18,20H,13-14H2,1-7H3/t20-/m0/s1. The minimum atomic E-state index is -0.396. The molecule has 1 rings (SSSR count). The molecule has 1 amide bonds. The van der Waals surface area contributed by atoms with Crippen LogP contribution in [0.5, 0.6) is 0 Å². The molecule has 1 aromatic rings. The molecule has 138 valence electrons. The highest BCUT2D eigenvalue weighted by molar-refractivity contribution is 5.68. The second kappa shape index (κ2) is 9.51. The molecule has 0 aliphatic carbocycles. The lowest BCUT2D eigenvalue weighted by Gasteiger charge is -2.30. The highest BCUT2D eigenvalue weighted by Gasteiger charge is 2.24. The lowest BCUT2D eigenvalue weighted by atomic mass is 9.97. The summed E-state index contributed by atoms with van der Waals surface area (Å²) in [6.45, 7) is 14.2. The third-order valence-electron chi connectivity index (χ3n) is 3.71. The van der Waals surface area contributed by atoms with Crippen LogP contribution in [0.15, 0.2) is 30.3 Å². The number of rotatable bonds is 6. The van der Waals surface area contributed by atoms with Gasteiger partial charge >= 0.3 is 6.09 Å². The Bertz CT molecular complexity index is 580. The van der Waals surface area contributed by atoms with Gasteiger partial charge in [0.25, 0.3) is 0 Å². The van der Waals surface area contributed by atoms with Crippen LogP contribution in [-0.2, 0) is 11.2 Å². The summed E-state index contributed by atoms with van der Waals surface area (Å²) >= 11 is 0. The molecule has 3 heteroatoms. The molecule has 0 aromatic heterocycles. The van der Waals surface area contributed by atoms with Crippen LogP contribution in [0.3, 0.4) is 0 Å². The summed E-state index contributed by atoms with van der Waals surface area (Å²) < 4.78 is 5.77. The average molecular weight is 344 g/mol. The highest BCUT2D eigenvalue weighted by Crippen LogP contribution is 2.15. The molecule has 0 saturated carbocycles. The predicted molar refractivity (Wildman–Crippen MR) is 104 cm³/mol. The van der Waals surface area contributed by atoms with E-state index in [-0.39, 0.29) is 23.6 Å². The number of aryl methyl sites for hydroxylation is 1. The molecule has 0 aliphatic heterocycles. The molecule has 0 spiro atoms. The Labute approximate surface area is 153 Å². The van der Waals surface area contributed by atoms with E-state index in [4.69, 9.17) is 4.74 Å². The third kappa shape index (κ3) is 8.12. The van der Waals surface area contributed by atoms with E-state index in [9.17, 15) is 4.79 Å². The van der Waals surface area contributed by atoms with E-state index in [0.29, 0.717) is 6.42 Å². The fraction of sp³-hybridized carbons (Fsp3) is 0.591. The molecule has 0 bridgehead atoms. The van der Waals surface area contributed by atoms with Gasteiger partial charge in [-0.15, -0.1) is 0 Å². The van der Waals surface area contributed by atoms with Crippen molar-refractivity contribution >= 4 is 6.09 Å². The van der Waals surface area contributed by atoms with E-state index in [2.05, 4.69) is 44.7 Å². The molecule has 0 unspecified atom stereocenters. The highest BCUT2D eigenvalue weighted by atomic mass is 16.6. The van der Waals surface area contributed by atoms with Crippen molar-refractivity contribution in [3.8, 4) is 11.8 Å². The molecule has 0 N–H and O–H groups in total. The van der Waals surface area contributed by atoms with E-state index >= 15 is 0 Å². The van der Waals surface area contributed by atoms with Crippen LogP contribution in [0.4, 0.5) is 4.79 Å². The smallest absolute Gasteiger partial charge is 0.411 e. The third-order valence-corrected chi connectivity index (χ3v) is 3.71. The van der Waals surface area contributed by atoms with Crippen LogP contribution >= 0.6 is 0 Å². The Balaban J connectivity index is 2.86. The number of hydrogen-bond donors (Lipinski definition) is 0. The molecule has 0 heterocycles. The van der Waals surface area contributed by atoms with Crippen LogP contribution < -0.4 is 0 Å². The van der Waals surface area contributed by atoms with Crippen molar-refractivity contribution in [1.29, 1.82) is 0 Å². The SMILES string of the molecule is CC(C)N(C(=O)O[C@H](C#CC(C)(C)C)CCc1ccccc1)C(C)C. The van der Waals surface area contributed by atoms with Gasteiger partial charge in [-0.05, 0) is 60.5 Å². The zero-order valence-corrected chi connectivity index (χ0v) is 16.8. The molecular weight excluding hydrogens is 310 g/mol. The summed E-state index contributed by atoms with van der Waals surface area (Å²) in [5, 5.41) is 0. The number of nitrogens with zero attached hydrogens (tertiary/aromatic N) is 1. The maximum absolute atomic E-state index is 12.6. The van der Waals surface area contributed by atoms with Gasteiger partial charge in [-0.2, -0.15) is 0 Å². The lowest BCUT2D eigenvalue weighted by molar-refractivity contribution is 0.0605. The monoisotopic (exact) mass is 343 g/mol. The van der Waals surface area contributed by atoms with Crippen LogP contribution in [0.1, 0.15) is 60.5 Å². The molecule has 0 saturated heterocycles. The van der Waals surface area contributed by atoms with Crippen molar-refractivity contribution in [2.24, 2.45) is 5.41 Å². The van der Waals surface area contributed by atoms with E-state index in [1.54, 1.807) is 4.90 Å². The van der Waals surface area contributed by atoms with Crippen molar-refractivity contribution in [2.75, 3.05) is 0 Å². The average Bonchev–Trinajstić information content (AvgIpc) is 2.49. The predicted octanol–water partition coefficient (Wildman–Crippen LogP) is 5.29. The number of carbonyl (C=O) groups is 1. The summed E-state index contributed by atoms with van der Waals surface area (Å²) in [7, 11) is 0. The normalized spacial score (nSPS) is 12.5. The summed E-state index contributed by atoms with van der Waals surface area (Å²) in [4.78, 5) is 14.4. The maximum Gasteiger partial charge on any atom is 0.411 e. The molecule has 1 atom stereocenters. The maximum atomic E-state index is 12.6. The van der Waals surface area contributed by atoms with Crippen molar-refractivity contribution < 1.29 is 9.53 Å². The second-order valence-electron chi connectivity index (χ2n) is 8.01. The fourth-order valence-corrected chi connectivity index (χ4v) is 2.60. The molecule has 25 heavy (non-hydrogen) atoms. The summed E-state index contributed by atoms with van der Waals surface area (Å²) in [6.07, 6.45) is 0.849. The van der Waals surface area contributed by atoms with Crippen LogP contribution in [0.2, 0.25) is 0 Å². The van der Waals surface area contributed by atoms with Crippen molar-refractivity contribution in [3.05, 3.63) is 35.9 Å². The van der Waals surface area contributed by atoms with Crippen LogP contribution in [0, 0.1) is 17.3 Å². The Morgan fingerprint density at radius 1 is 1.08 bits per heavy atom.